The first-order chi connectivity index (χ1) is 19.7. The van der Waals surface area contributed by atoms with Gasteiger partial charge in [0, 0.05) is 23.8 Å². The van der Waals surface area contributed by atoms with E-state index < -0.39 is 12.0 Å². The van der Waals surface area contributed by atoms with Crippen LogP contribution < -0.4 is 24.4 Å². The number of fused-ring (bicyclic) bond motifs is 1. The van der Waals surface area contributed by atoms with E-state index in [2.05, 4.69) is 4.99 Å². The van der Waals surface area contributed by atoms with E-state index in [4.69, 9.17) is 18.6 Å². The number of allylic oxidation sites excluding steroid dienone is 1. The number of aromatic nitrogens is 1. The largest absolute Gasteiger partial charge is 0.493 e. The van der Waals surface area contributed by atoms with E-state index in [1.807, 2.05) is 0 Å². The molecule has 0 saturated heterocycles. The van der Waals surface area contributed by atoms with Crippen LogP contribution in [0.4, 0.5) is 5.69 Å². The fraction of sp³-hybridized carbons (Fsp3) is 0.207. The van der Waals surface area contributed by atoms with E-state index in [1.54, 1.807) is 62.4 Å². The van der Waals surface area contributed by atoms with Crippen molar-refractivity contribution in [2.24, 2.45) is 4.99 Å². The maximum atomic E-state index is 13.9. The van der Waals surface area contributed by atoms with E-state index in [9.17, 15) is 19.7 Å². The Morgan fingerprint density at radius 2 is 1.93 bits per heavy atom. The molecule has 2 aromatic heterocycles. The molecule has 3 heterocycles. The summed E-state index contributed by atoms with van der Waals surface area (Å²) in [6, 6.07) is 14.1. The van der Waals surface area contributed by atoms with Crippen LogP contribution in [0.3, 0.4) is 0 Å². The molecular formula is C29H26N3O8S+. The molecule has 0 bridgehead atoms. The lowest BCUT2D eigenvalue weighted by Gasteiger charge is -2.25. The molecule has 1 aliphatic heterocycles. The molecule has 1 N–H and O–H groups in total. The predicted octanol–water partition coefficient (Wildman–Crippen LogP) is 3.88. The van der Waals surface area contributed by atoms with Crippen LogP contribution in [0.25, 0.3) is 17.4 Å². The summed E-state index contributed by atoms with van der Waals surface area (Å²) in [5.41, 5.74) is 1.55. The molecule has 41 heavy (non-hydrogen) atoms. The summed E-state index contributed by atoms with van der Waals surface area (Å²) in [5.74, 6) is 1.21. The van der Waals surface area contributed by atoms with Gasteiger partial charge in [-0.1, -0.05) is 29.5 Å². The van der Waals surface area contributed by atoms with E-state index in [1.165, 1.54) is 30.9 Å². The summed E-state index contributed by atoms with van der Waals surface area (Å²) in [7, 11) is 3.03. The van der Waals surface area contributed by atoms with Crippen molar-refractivity contribution >= 4 is 29.1 Å². The number of hydrogen-bond acceptors (Lipinski definition) is 9. The first kappa shape index (κ1) is 27.6. The van der Waals surface area contributed by atoms with Crippen molar-refractivity contribution < 1.29 is 33.6 Å². The van der Waals surface area contributed by atoms with Crippen LogP contribution in [0.5, 0.6) is 11.5 Å². The molecule has 0 amide bonds. The van der Waals surface area contributed by atoms with Gasteiger partial charge in [-0.2, -0.15) is 0 Å². The Bertz CT molecular complexity index is 1880. The SMILES string of the molecule is CCOC(=O)C1=C(C)N=c2s/c(=C\c3ccc(-c4cccc([N+](=O)O)c4)o3)c(=O)n2C1c1ccc(OC)c(OC)c1. The average molecular weight is 577 g/mol. The Kier molecular flexibility index (Phi) is 7.58. The standard InChI is InChI=1S/C29H26N3O8S/c1-5-39-28(34)25-16(2)30-29-31(26(25)18-9-11-22(37-3)23(14-18)38-4)27(33)24(41-29)15-20-10-12-21(40-20)17-7-6-8-19(13-17)32(35)36/h6-15,26H,5H2,1-4H3,(H,35,36)/q+1/b24-15-. The first-order valence-corrected chi connectivity index (χ1v) is 13.3. The molecule has 12 heteroatoms. The molecule has 1 aliphatic rings. The second-order valence-electron chi connectivity index (χ2n) is 8.94. The number of nitrogens with zero attached hydrogens (tertiary/aromatic N) is 3. The van der Waals surface area contributed by atoms with Gasteiger partial charge in [0.1, 0.15) is 11.5 Å². The van der Waals surface area contributed by atoms with Crippen molar-refractivity contribution in [1.82, 2.24) is 4.57 Å². The monoisotopic (exact) mass is 576 g/mol. The highest BCUT2D eigenvalue weighted by Crippen LogP contribution is 2.36. The third-order valence-electron chi connectivity index (χ3n) is 6.49. The van der Waals surface area contributed by atoms with Crippen LogP contribution >= 0.6 is 11.3 Å². The van der Waals surface area contributed by atoms with Gasteiger partial charge in [-0.3, -0.25) is 9.36 Å². The number of rotatable bonds is 8. The highest BCUT2D eigenvalue weighted by atomic mass is 32.1. The molecular weight excluding hydrogens is 550 g/mol. The Hall–Kier alpha value is -4.97. The van der Waals surface area contributed by atoms with Crippen molar-refractivity contribution in [3.8, 4) is 22.8 Å². The fourth-order valence-electron chi connectivity index (χ4n) is 4.62. The van der Waals surface area contributed by atoms with Gasteiger partial charge in [0.15, 0.2) is 16.3 Å². The van der Waals surface area contributed by atoms with Gasteiger partial charge in [-0.05, 0) is 43.7 Å². The van der Waals surface area contributed by atoms with Crippen LogP contribution in [0, 0.1) is 4.91 Å². The van der Waals surface area contributed by atoms with Gasteiger partial charge in [-0.15, -0.1) is 0 Å². The summed E-state index contributed by atoms with van der Waals surface area (Å²) in [6.07, 6.45) is 1.60. The summed E-state index contributed by atoms with van der Waals surface area (Å²) in [6.45, 7) is 3.58. The lowest BCUT2D eigenvalue weighted by molar-refractivity contribution is -0.729. The normalized spacial score (nSPS) is 14.8. The van der Waals surface area contributed by atoms with E-state index in [-0.39, 0.29) is 28.3 Å². The first-order valence-electron chi connectivity index (χ1n) is 12.5. The number of esters is 1. The van der Waals surface area contributed by atoms with Crippen molar-refractivity contribution in [3.63, 3.8) is 0 Å². The zero-order chi connectivity index (χ0) is 29.3. The minimum absolute atomic E-state index is 0.0525. The number of carbonyl (C=O) groups is 1. The highest BCUT2D eigenvalue weighted by Gasteiger charge is 2.34. The van der Waals surface area contributed by atoms with Crippen molar-refractivity contribution in [1.29, 1.82) is 0 Å². The fourth-order valence-corrected chi connectivity index (χ4v) is 5.65. The summed E-state index contributed by atoms with van der Waals surface area (Å²) >= 11 is 1.16. The van der Waals surface area contributed by atoms with Gasteiger partial charge in [0.05, 0.1) is 47.6 Å². The lowest BCUT2D eigenvalue weighted by atomic mass is 9.95. The quantitative estimate of drug-likeness (QED) is 0.247. The molecule has 0 radical (unpaired) electrons. The number of ether oxygens (including phenoxy) is 3. The molecule has 11 nitrogen and oxygen atoms in total. The number of benzene rings is 2. The van der Waals surface area contributed by atoms with Crippen LogP contribution in [-0.2, 0) is 9.53 Å². The summed E-state index contributed by atoms with van der Waals surface area (Å²) < 4.78 is 23.9. The minimum Gasteiger partial charge on any atom is -0.493 e. The van der Waals surface area contributed by atoms with Crippen LogP contribution in [0.2, 0.25) is 0 Å². The smallest absolute Gasteiger partial charge is 0.338 e. The third kappa shape index (κ3) is 5.16. The molecule has 5 rings (SSSR count). The molecule has 0 fully saturated rings. The minimum atomic E-state index is -0.823. The van der Waals surface area contributed by atoms with Crippen molar-refractivity contribution in [2.75, 3.05) is 20.8 Å². The third-order valence-corrected chi connectivity index (χ3v) is 7.47. The Morgan fingerprint density at radius 3 is 2.63 bits per heavy atom. The lowest BCUT2D eigenvalue weighted by Crippen LogP contribution is -2.39. The second kappa shape index (κ2) is 11.3. The number of furan rings is 1. The molecule has 4 aromatic rings. The number of carbonyl (C=O) groups excluding carboxylic acids is 1. The summed E-state index contributed by atoms with van der Waals surface area (Å²) in [4.78, 5) is 43.0. The molecule has 1 unspecified atom stereocenters. The highest BCUT2D eigenvalue weighted by molar-refractivity contribution is 7.07. The van der Waals surface area contributed by atoms with Gasteiger partial charge >= 0.3 is 11.7 Å². The topological polar surface area (TPSA) is 133 Å². The zero-order valence-electron chi connectivity index (χ0n) is 22.6. The van der Waals surface area contributed by atoms with Crippen LogP contribution in [0.1, 0.15) is 31.2 Å². The molecule has 1 atom stereocenters. The van der Waals surface area contributed by atoms with Crippen LogP contribution in [0.15, 0.2) is 80.1 Å². The van der Waals surface area contributed by atoms with E-state index >= 15 is 0 Å². The number of thiazole rings is 1. The maximum absolute atomic E-state index is 13.9. The number of methoxy groups -OCH3 is 2. The molecule has 0 spiro atoms. The Labute approximate surface area is 237 Å². The van der Waals surface area contributed by atoms with E-state index in [0.717, 1.165) is 11.3 Å². The predicted molar refractivity (Wildman–Crippen MR) is 149 cm³/mol. The average Bonchev–Trinajstić information content (AvgIpc) is 3.56. The molecule has 0 saturated carbocycles. The van der Waals surface area contributed by atoms with Gasteiger partial charge < -0.3 is 18.6 Å². The maximum Gasteiger partial charge on any atom is 0.338 e. The van der Waals surface area contributed by atoms with Gasteiger partial charge in [0.2, 0.25) is 0 Å². The Morgan fingerprint density at radius 1 is 1.15 bits per heavy atom. The molecule has 0 aliphatic carbocycles. The number of hydrogen-bond donors (Lipinski definition) is 1. The zero-order valence-corrected chi connectivity index (χ0v) is 23.4. The van der Waals surface area contributed by atoms with Crippen molar-refractivity contribution in [2.45, 2.75) is 19.9 Å². The van der Waals surface area contributed by atoms with Crippen molar-refractivity contribution in [3.05, 3.63) is 102 Å². The second-order valence-corrected chi connectivity index (χ2v) is 9.95. The summed E-state index contributed by atoms with van der Waals surface area (Å²) in [5, 5.41) is 9.22. The Balaban J connectivity index is 1.64. The van der Waals surface area contributed by atoms with Gasteiger partial charge in [0.25, 0.3) is 10.5 Å². The molecule has 2 aromatic carbocycles. The van der Waals surface area contributed by atoms with Gasteiger partial charge in [-0.25, -0.2) is 15.0 Å². The molecule has 210 valence electrons. The van der Waals surface area contributed by atoms with Crippen LogP contribution in [-0.4, -0.2) is 41.5 Å². The van der Waals surface area contributed by atoms with E-state index in [0.29, 0.717) is 49.2 Å².